The Morgan fingerprint density at radius 3 is 2.88 bits per heavy atom. The van der Waals surface area contributed by atoms with Crippen molar-refractivity contribution in [3.05, 3.63) is 36.0 Å². The first-order chi connectivity index (χ1) is 7.74. The number of aromatic amines is 1. The van der Waals surface area contributed by atoms with Crippen LogP contribution in [-0.4, -0.2) is 17.1 Å². The molecule has 0 aliphatic rings. The molecule has 2 aromatic rings. The van der Waals surface area contributed by atoms with Gasteiger partial charge in [0.05, 0.1) is 24.9 Å². The van der Waals surface area contributed by atoms with Crippen LogP contribution in [0, 0.1) is 5.82 Å². The number of imidazole rings is 1. The second kappa shape index (κ2) is 4.53. The average Bonchev–Trinajstić information content (AvgIpc) is 2.77. The fourth-order valence-corrected chi connectivity index (χ4v) is 1.55. The number of nitrogens with one attached hydrogen (secondary N) is 1. The van der Waals surface area contributed by atoms with Gasteiger partial charge in [-0.15, -0.1) is 11.6 Å². The smallest absolute Gasteiger partial charge is 0.165 e. The van der Waals surface area contributed by atoms with E-state index in [4.69, 9.17) is 16.3 Å². The monoisotopic (exact) mass is 240 g/mol. The van der Waals surface area contributed by atoms with Gasteiger partial charge in [0.25, 0.3) is 0 Å². The zero-order valence-corrected chi connectivity index (χ0v) is 9.38. The molecule has 1 aromatic heterocycles. The maximum Gasteiger partial charge on any atom is 0.165 e. The third-order valence-electron chi connectivity index (χ3n) is 2.22. The first-order valence-electron chi connectivity index (χ1n) is 4.68. The van der Waals surface area contributed by atoms with Crippen molar-refractivity contribution >= 4 is 11.6 Å². The summed E-state index contributed by atoms with van der Waals surface area (Å²) >= 11 is 5.62. The number of nitrogens with zero attached hydrogens (tertiary/aromatic N) is 1. The van der Waals surface area contributed by atoms with Crippen molar-refractivity contribution in [1.82, 2.24) is 9.97 Å². The van der Waals surface area contributed by atoms with E-state index in [-0.39, 0.29) is 5.75 Å². The van der Waals surface area contributed by atoms with Gasteiger partial charge in [-0.2, -0.15) is 0 Å². The number of hydrogen-bond donors (Lipinski definition) is 1. The standard InChI is InChI=1S/C11H10ClFN2O/c1-16-10-3-2-7(4-8(10)13)9-6-14-11(5-12)15-9/h2-4,6H,5H2,1H3,(H,14,15). The molecule has 0 atom stereocenters. The Hall–Kier alpha value is -1.55. The molecule has 84 valence electrons. The third-order valence-corrected chi connectivity index (χ3v) is 2.47. The van der Waals surface area contributed by atoms with Gasteiger partial charge in [-0.25, -0.2) is 9.37 Å². The zero-order valence-electron chi connectivity index (χ0n) is 8.63. The molecule has 0 unspecified atom stereocenters. The second-order valence-corrected chi connectivity index (χ2v) is 3.49. The molecule has 1 heterocycles. The molecule has 0 bridgehead atoms. The van der Waals surface area contributed by atoms with Crippen LogP contribution < -0.4 is 4.74 Å². The van der Waals surface area contributed by atoms with Gasteiger partial charge in [0, 0.05) is 5.56 Å². The number of methoxy groups -OCH3 is 1. The number of alkyl halides is 1. The van der Waals surface area contributed by atoms with Gasteiger partial charge in [-0.05, 0) is 18.2 Å². The first kappa shape index (κ1) is 11.0. The largest absolute Gasteiger partial charge is 0.494 e. The Kier molecular flexibility index (Phi) is 3.10. The molecule has 2 rings (SSSR count). The Morgan fingerprint density at radius 1 is 1.50 bits per heavy atom. The van der Waals surface area contributed by atoms with Crippen LogP contribution in [0.4, 0.5) is 4.39 Å². The molecule has 0 radical (unpaired) electrons. The minimum Gasteiger partial charge on any atom is -0.494 e. The van der Waals surface area contributed by atoms with Gasteiger partial charge in [-0.1, -0.05) is 0 Å². The minimum atomic E-state index is -0.401. The van der Waals surface area contributed by atoms with Crippen LogP contribution in [0.3, 0.4) is 0 Å². The quantitative estimate of drug-likeness (QED) is 0.838. The van der Waals surface area contributed by atoms with E-state index in [1.165, 1.54) is 13.2 Å². The predicted molar refractivity (Wildman–Crippen MR) is 60.1 cm³/mol. The number of ether oxygens (including phenoxy) is 1. The molecule has 16 heavy (non-hydrogen) atoms. The number of aromatic nitrogens is 2. The molecule has 0 amide bonds. The summed E-state index contributed by atoms with van der Waals surface area (Å²) in [5, 5.41) is 0. The van der Waals surface area contributed by atoms with Crippen LogP contribution in [0.15, 0.2) is 24.4 Å². The lowest BCUT2D eigenvalue weighted by molar-refractivity contribution is 0.386. The molecular weight excluding hydrogens is 231 g/mol. The summed E-state index contributed by atoms with van der Waals surface area (Å²) in [4.78, 5) is 7.04. The Balaban J connectivity index is 2.37. The molecule has 0 spiro atoms. The molecule has 5 heteroatoms. The lowest BCUT2D eigenvalue weighted by Gasteiger charge is -2.03. The Bertz CT molecular complexity index is 498. The van der Waals surface area contributed by atoms with Crippen molar-refractivity contribution in [3.63, 3.8) is 0 Å². The highest BCUT2D eigenvalue weighted by Gasteiger charge is 2.07. The summed E-state index contributed by atoms with van der Waals surface area (Å²) in [6.45, 7) is 0. The molecule has 0 saturated carbocycles. The van der Waals surface area contributed by atoms with Crippen molar-refractivity contribution < 1.29 is 9.13 Å². The molecule has 0 saturated heterocycles. The van der Waals surface area contributed by atoms with Gasteiger partial charge in [0.1, 0.15) is 5.82 Å². The van der Waals surface area contributed by atoms with Crippen molar-refractivity contribution in [2.45, 2.75) is 5.88 Å². The van der Waals surface area contributed by atoms with Crippen LogP contribution in [0.1, 0.15) is 5.82 Å². The van der Waals surface area contributed by atoms with Crippen LogP contribution in [-0.2, 0) is 5.88 Å². The molecule has 1 N–H and O–H groups in total. The number of rotatable bonds is 3. The molecule has 0 aliphatic carbocycles. The highest BCUT2D eigenvalue weighted by atomic mass is 35.5. The SMILES string of the molecule is COc1ccc(-c2cnc(CCl)[nH]2)cc1F. The summed E-state index contributed by atoms with van der Waals surface area (Å²) in [6.07, 6.45) is 1.62. The minimum absolute atomic E-state index is 0.223. The van der Waals surface area contributed by atoms with E-state index < -0.39 is 5.82 Å². The number of benzene rings is 1. The number of H-pyrrole nitrogens is 1. The Morgan fingerprint density at radius 2 is 2.31 bits per heavy atom. The molecule has 1 aromatic carbocycles. The van der Waals surface area contributed by atoms with Crippen LogP contribution in [0.25, 0.3) is 11.3 Å². The van der Waals surface area contributed by atoms with Crippen LogP contribution >= 0.6 is 11.6 Å². The van der Waals surface area contributed by atoms with Gasteiger partial charge in [0.15, 0.2) is 11.6 Å². The van der Waals surface area contributed by atoms with E-state index >= 15 is 0 Å². The summed E-state index contributed by atoms with van der Waals surface area (Å²) < 4.78 is 18.3. The highest BCUT2D eigenvalue weighted by molar-refractivity contribution is 6.16. The number of hydrogen-bond acceptors (Lipinski definition) is 2. The van der Waals surface area contributed by atoms with E-state index in [1.54, 1.807) is 18.3 Å². The summed E-state index contributed by atoms with van der Waals surface area (Å²) in [6, 6.07) is 4.73. The van der Waals surface area contributed by atoms with Crippen molar-refractivity contribution in [2.24, 2.45) is 0 Å². The normalized spacial score (nSPS) is 10.4. The van der Waals surface area contributed by atoms with Gasteiger partial charge in [-0.3, -0.25) is 0 Å². The first-order valence-corrected chi connectivity index (χ1v) is 5.22. The van der Waals surface area contributed by atoms with E-state index in [0.29, 0.717) is 17.3 Å². The lowest BCUT2D eigenvalue weighted by Crippen LogP contribution is -1.88. The van der Waals surface area contributed by atoms with E-state index in [1.807, 2.05) is 0 Å². The van der Waals surface area contributed by atoms with Crippen LogP contribution in [0.2, 0.25) is 0 Å². The fourth-order valence-electron chi connectivity index (χ4n) is 1.41. The van der Waals surface area contributed by atoms with E-state index in [2.05, 4.69) is 9.97 Å². The zero-order chi connectivity index (χ0) is 11.5. The van der Waals surface area contributed by atoms with Crippen molar-refractivity contribution in [2.75, 3.05) is 7.11 Å². The predicted octanol–water partition coefficient (Wildman–Crippen LogP) is 2.96. The lowest BCUT2D eigenvalue weighted by atomic mass is 10.1. The second-order valence-electron chi connectivity index (χ2n) is 3.23. The fraction of sp³-hybridized carbons (Fsp3) is 0.182. The summed E-state index contributed by atoms with van der Waals surface area (Å²) in [7, 11) is 1.43. The average molecular weight is 241 g/mol. The third kappa shape index (κ3) is 2.02. The van der Waals surface area contributed by atoms with Crippen LogP contribution in [0.5, 0.6) is 5.75 Å². The molecule has 0 aliphatic heterocycles. The Labute approximate surface area is 97.2 Å². The highest BCUT2D eigenvalue weighted by Crippen LogP contribution is 2.24. The van der Waals surface area contributed by atoms with Crippen molar-refractivity contribution in [3.8, 4) is 17.0 Å². The summed E-state index contributed by atoms with van der Waals surface area (Å²) in [5.74, 6) is 0.786. The molecule has 3 nitrogen and oxygen atoms in total. The van der Waals surface area contributed by atoms with E-state index in [9.17, 15) is 4.39 Å². The maximum atomic E-state index is 13.4. The van der Waals surface area contributed by atoms with Gasteiger partial charge in [0.2, 0.25) is 0 Å². The topological polar surface area (TPSA) is 37.9 Å². The number of halogens is 2. The van der Waals surface area contributed by atoms with Gasteiger partial charge >= 0.3 is 0 Å². The molecule has 0 fully saturated rings. The molecular formula is C11H10ClFN2O. The van der Waals surface area contributed by atoms with E-state index in [0.717, 1.165) is 5.69 Å². The van der Waals surface area contributed by atoms with Crippen molar-refractivity contribution in [1.29, 1.82) is 0 Å². The van der Waals surface area contributed by atoms with Gasteiger partial charge < -0.3 is 9.72 Å². The summed E-state index contributed by atoms with van der Waals surface area (Å²) in [5.41, 5.74) is 1.44. The maximum absolute atomic E-state index is 13.4.